The molecular formula is C27H38O3. The quantitative estimate of drug-likeness (QED) is 0.602. The van der Waals surface area contributed by atoms with Gasteiger partial charge in [-0.25, -0.2) is 0 Å². The van der Waals surface area contributed by atoms with E-state index in [2.05, 4.69) is 39.0 Å². The third-order valence-electron chi connectivity index (χ3n) is 11.1. The van der Waals surface area contributed by atoms with Crippen molar-refractivity contribution in [2.24, 2.45) is 28.1 Å². The van der Waals surface area contributed by atoms with Crippen LogP contribution in [0.2, 0.25) is 0 Å². The third kappa shape index (κ3) is 2.01. The number of hydrogen-bond acceptors (Lipinski definition) is 3. The van der Waals surface area contributed by atoms with Gasteiger partial charge in [-0.3, -0.25) is 0 Å². The van der Waals surface area contributed by atoms with E-state index in [0.29, 0.717) is 10.8 Å². The second-order valence-corrected chi connectivity index (χ2v) is 11.3. The first-order chi connectivity index (χ1) is 14.4. The van der Waals surface area contributed by atoms with Crippen LogP contribution in [0.25, 0.3) is 0 Å². The molecule has 1 aliphatic heterocycles. The lowest BCUT2D eigenvalue weighted by molar-refractivity contribution is -0.270. The van der Waals surface area contributed by atoms with Gasteiger partial charge in [0.1, 0.15) is 5.75 Å². The van der Waals surface area contributed by atoms with Crippen LogP contribution >= 0.6 is 0 Å². The molecule has 1 heterocycles. The van der Waals surface area contributed by atoms with Gasteiger partial charge in [-0.15, -0.1) is 0 Å². The van der Waals surface area contributed by atoms with Crippen molar-refractivity contribution < 1.29 is 14.2 Å². The summed E-state index contributed by atoms with van der Waals surface area (Å²) in [6, 6.07) is 6.89. The van der Waals surface area contributed by atoms with Crippen molar-refractivity contribution in [1.82, 2.24) is 0 Å². The van der Waals surface area contributed by atoms with Crippen LogP contribution in [-0.2, 0) is 15.9 Å². The zero-order chi connectivity index (χ0) is 20.8. The SMILES string of the molecule is CC[C@@H]1CC23CC[C@@]1(C1(C)OCCO1)[C@@]2(C)CC[C@@H]1c2ccc(OC)cc2CC[C@H]13. The predicted octanol–water partition coefficient (Wildman–Crippen LogP) is 6.10. The molecule has 1 aromatic rings. The summed E-state index contributed by atoms with van der Waals surface area (Å²) in [7, 11) is 1.79. The lowest BCUT2D eigenvalue weighted by Gasteiger charge is -2.59. The normalized spacial score (nSPS) is 45.7. The smallest absolute Gasteiger partial charge is 0.172 e. The van der Waals surface area contributed by atoms with E-state index in [0.717, 1.165) is 36.7 Å². The maximum Gasteiger partial charge on any atom is 0.172 e. The standard InChI is InChI=1S/C27H38O3/c1-5-19-17-26-12-13-27(19,25(3)29-14-15-30-25)24(26,2)11-10-22-21-8-7-20(28-4)16-18(21)6-9-23(22)26/h7-8,16,19,22-23H,5-6,9-15,17H2,1-4H3/t19-,22-,23-,24+,26?,27+/m1/s1. The molecule has 0 N–H and O–H groups in total. The summed E-state index contributed by atoms with van der Waals surface area (Å²) in [6.07, 6.45) is 10.5. The molecule has 3 nitrogen and oxygen atoms in total. The zero-order valence-corrected chi connectivity index (χ0v) is 19.3. The zero-order valence-electron chi connectivity index (χ0n) is 19.3. The fraction of sp³-hybridized carbons (Fsp3) is 0.778. The van der Waals surface area contributed by atoms with Crippen LogP contribution in [-0.4, -0.2) is 26.1 Å². The van der Waals surface area contributed by atoms with Gasteiger partial charge in [0, 0.05) is 5.41 Å². The first-order valence-electron chi connectivity index (χ1n) is 12.4. The summed E-state index contributed by atoms with van der Waals surface area (Å²) in [6.45, 7) is 8.89. The monoisotopic (exact) mass is 410 g/mol. The lowest BCUT2D eigenvalue weighted by atomic mass is 9.46. The molecule has 3 heteroatoms. The second-order valence-electron chi connectivity index (χ2n) is 11.3. The fourth-order valence-electron chi connectivity index (χ4n) is 10.1. The third-order valence-corrected chi connectivity index (χ3v) is 11.1. The Hall–Kier alpha value is -1.06. The Balaban J connectivity index is 1.45. The molecule has 1 aromatic carbocycles. The highest BCUT2D eigenvalue weighted by Crippen LogP contribution is 2.85. The van der Waals surface area contributed by atoms with E-state index in [4.69, 9.17) is 14.2 Å². The van der Waals surface area contributed by atoms with E-state index in [1.807, 2.05) is 0 Å². The number of hydrogen-bond donors (Lipinski definition) is 0. The van der Waals surface area contributed by atoms with Crippen LogP contribution in [0, 0.1) is 28.1 Å². The Bertz CT molecular complexity index is 858. The maximum atomic E-state index is 6.47. The van der Waals surface area contributed by atoms with Crippen molar-refractivity contribution in [1.29, 1.82) is 0 Å². The van der Waals surface area contributed by atoms with Gasteiger partial charge in [0.2, 0.25) is 0 Å². The summed E-state index contributed by atoms with van der Waals surface area (Å²) in [5.41, 5.74) is 4.12. The highest BCUT2D eigenvalue weighted by molar-refractivity contribution is 5.42. The molecule has 0 spiro atoms. The number of ether oxygens (including phenoxy) is 3. The predicted molar refractivity (Wildman–Crippen MR) is 118 cm³/mol. The van der Waals surface area contributed by atoms with Crippen molar-refractivity contribution in [2.75, 3.05) is 20.3 Å². The van der Waals surface area contributed by atoms with Crippen LogP contribution in [0.4, 0.5) is 0 Å². The highest BCUT2D eigenvalue weighted by Gasteiger charge is 2.81. The van der Waals surface area contributed by atoms with Gasteiger partial charge in [0.05, 0.1) is 20.3 Å². The molecule has 3 saturated carbocycles. The van der Waals surface area contributed by atoms with Crippen molar-refractivity contribution in [2.45, 2.75) is 83.8 Å². The Labute approximate surface area is 181 Å². The summed E-state index contributed by atoms with van der Waals surface area (Å²) in [5.74, 6) is 2.86. The number of methoxy groups -OCH3 is 1. The van der Waals surface area contributed by atoms with Gasteiger partial charge in [-0.05, 0) is 104 Å². The summed E-state index contributed by atoms with van der Waals surface area (Å²) in [4.78, 5) is 0. The van der Waals surface area contributed by atoms with Gasteiger partial charge in [-0.1, -0.05) is 26.3 Å². The van der Waals surface area contributed by atoms with E-state index in [9.17, 15) is 0 Å². The molecule has 1 unspecified atom stereocenters. The molecule has 164 valence electrons. The molecule has 4 aliphatic carbocycles. The molecule has 30 heavy (non-hydrogen) atoms. The van der Waals surface area contributed by atoms with Gasteiger partial charge in [0.25, 0.3) is 0 Å². The van der Waals surface area contributed by atoms with Gasteiger partial charge in [0.15, 0.2) is 5.79 Å². The van der Waals surface area contributed by atoms with Gasteiger partial charge >= 0.3 is 0 Å². The van der Waals surface area contributed by atoms with Crippen LogP contribution < -0.4 is 4.74 Å². The van der Waals surface area contributed by atoms with E-state index >= 15 is 0 Å². The Kier molecular flexibility index (Phi) is 4.09. The minimum atomic E-state index is -0.395. The lowest BCUT2D eigenvalue weighted by Crippen LogP contribution is -2.58. The second kappa shape index (κ2) is 6.25. The molecule has 0 amide bonds. The first kappa shape index (κ1) is 19.6. The maximum absolute atomic E-state index is 6.47. The molecule has 6 atom stereocenters. The van der Waals surface area contributed by atoms with Crippen LogP contribution in [0.5, 0.6) is 5.75 Å². The van der Waals surface area contributed by atoms with Crippen LogP contribution in [0.3, 0.4) is 0 Å². The topological polar surface area (TPSA) is 27.7 Å². The van der Waals surface area contributed by atoms with Crippen molar-refractivity contribution in [3.8, 4) is 5.75 Å². The average Bonchev–Trinajstić information content (AvgIpc) is 3.40. The Morgan fingerprint density at radius 1 is 1.07 bits per heavy atom. The summed E-state index contributed by atoms with van der Waals surface area (Å²) >= 11 is 0. The first-order valence-corrected chi connectivity index (χ1v) is 12.4. The van der Waals surface area contributed by atoms with Crippen molar-refractivity contribution in [3.05, 3.63) is 29.3 Å². The Morgan fingerprint density at radius 3 is 2.60 bits per heavy atom. The average molecular weight is 411 g/mol. The summed E-state index contributed by atoms with van der Waals surface area (Å²) < 4.78 is 18.5. The molecular weight excluding hydrogens is 372 g/mol. The number of benzene rings is 1. The van der Waals surface area contributed by atoms with Crippen LogP contribution in [0.1, 0.15) is 82.8 Å². The summed E-state index contributed by atoms with van der Waals surface area (Å²) in [5, 5.41) is 0. The Morgan fingerprint density at radius 2 is 1.87 bits per heavy atom. The molecule has 2 bridgehead atoms. The molecule has 1 saturated heterocycles. The fourth-order valence-corrected chi connectivity index (χ4v) is 10.1. The minimum absolute atomic E-state index is 0.177. The van der Waals surface area contributed by atoms with Gasteiger partial charge in [-0.2, -0.15) is 0 Å². The van der Waals surface area contributed by atoms with Crippen molar-refractivity contribution in [3.63, 3.8) is 0 Å². The molecule has 0 radical (unpaired) electrons. The number of rotatable bonds is 3. The van der Waals surface area contributed by atoms with E-state index < -0.39 is 5.79 Å². The van der Waals surface area contributed by atoms with Crippen molar-refractivity contribution >= 4 is 0 Å². The largest absolute Gasteiger partial charge is 0.497 e. The van der Waals surface area contributed by atoms with E-state index in [1.165, 1.54) is 51.4 Å². The van der Waals surface area contributed by atoms with Crippen LogP contribution in [0.15, 0.2) is 18.2 Å². The molecule has 4 fully saturated rings. The van der Waals surface area contributed by atoms with E-state index in [-0.39, 0.29) is 5.41 Å². The number of aryl methyl sites for hydroxylation is 1. The molecule has 5 aliphatic rings. The number of fused-ring (bicyclic) bond motifs is 3. The molecule has 0 aromatic heterocycles. The highest BCUT2D eigenvalue weighted by atomic mass is 16.7. The van der Waals surface area contributed by atoms with Gasteiger partial charge < -0.3 is 14.2 Å². The minimum Gasteiger partial charge on any atom is -0.497 e. The van der Waals surface area contributed by atoms with E-state index in [1.54, 1.807) is 18.2 Å². The molecule has 6 rings (SSSR count).